The summed E-state index contributed by atoms with van der Waals surface area (Å²) in [7, 11) is 0. The minimum absolute atomic E-state index is 0. The smallest absolute Gasteiger partial charge is 0.247 e. The zero-order valence-electron chi connectivity index (χ0n) is 27.6. The predicted octanol–water partition coefficient (Wildman–Crippen LogP) is 12.0. The zero-order valence-corrected chi connectivity index (χ0v) is 30.0. The molecule has 9 heteroatoms. The first-order chi connectivity index (χ1) is 22.7. The quantitative estimate of drug-likeness (QED) is 0.156. The van der Waals surface area contributed by atoms with Gasteiger partial charge in [0.05, 0.1) is 22.4 Å². The Bertz CT molecular complexity index is 1920. The number of nitrogens with zero attached hydrogens (tertiary/aromatic N) is 2. The fourth-order valence-electron chi connectivity index (χ4n) is 5.74. The van der Waals surface area contributed by atoms with Crippen molar-refractivity contribution >= 4 is 21.8 Å². The molecule has 2 heterocycles. The summed E-state index contributed by atoms with van der Waals surface area (Å²) in [6.45, 7) is 7.95. The second kappa shape index (κ2) is 15.6. The minimum atomic E-state index is -4.18. The average molecular weight is 851 g/mol. The minimum Gasteiger partial charge on any atom is -0.247 e. The van der Waals surface area contributed by atoms with E-state index in [4.69, 9.17) is 0 Å². The topological polar surface area (TPSA) is 25.8 Å². The molecule has 6 aromatic rings. The van der Waals surface area contributed by atoms with E-state index in [-0.39, 0.29) is 32.9 Å². The largest absolute Gasteiger partial charge is 3.00 e. The Balaban J connectivity index is 0.000000216. The molecule has 0 saturated heterocycles. The number of aryl methyl sites for hydroxylation is 4. The van der Waals surface area contributed by atoms with E-state index in [0.717, 1.165) is 55.2 Å². The first-order valence-corrected chi connectivity index (χ1v) is 15.7. The van der Waals surface area contributed by atoms with E-state index in [1.165, 1.54) is 0 Å². The van der Waals surface area contributed by atoms with E-state index in [1.54, 1.807) is 0 Å². The number of fused-ring (bicyclic) bond motifs is 2. The molecule has 0 aliphatic heterocycles. The third-order valence-corrected chi connectivity index (χ3v) is 8.68. The van der Waals surface area contributed by atoms with Crippen LogP contribution in [0.1, 0.15) is 46.2 Å². The van der Waals surface area contributed by atoms with Crippen molar-refractivity contribution in [1.29, 1.82) is 0 Å². The van der Waals surface area contributed by atoms with Gasteiger partial charge in [-0.3, -0.25) is 0 Å². The second-order valence-corrected chi connectivity index (χ2v) is 12.1. The first-order valence-electron chi connectivity index (χ1n) is 15.7. The molecule has 254 valence electrons. The first kappa shape index (κ1) is 37.7. The van der Waals surface area contributed by atoms with E-state index in [1.807, 2.05) is 125 Å². The van der Waals surface area contributed by atoms with E-state index >= 15 is 0 Å². The van der Waals surface area contributed by atoms with Crippen LogP contribution >= 0.6 is 0 Å². The Morgan fingerprint density at radius 3 is 1.22 bits per heavy atom. The number of hydrogen-bond acceptors (Lipinski definition) is 2. The van der Waals surface area contributed by atoms with Gasteiger partial charge in [0.1, 0.15) is 0 Å². The Morgan fingerprint density at radius 2 is 0.857 bits per heavy atom. The van der Waals surface area contributed by atoms with E-state index in [2.05, 4.69) is 9.97 Å². The van der Waals surface area contributed by atoms with Gasteiger partial charge in [0.15, 0.2) is 0 Å². The Labute approximate surface area is 296 Å². The van der Waals surface area contributed by atoms with Gasteiger partial charge < -0.3 is 0 Å². The van der Waals surface area contributed by atoms with Crippen molar-refractivity contribution in [2.75, 3.05) is 0 Å². The summed E-state index contributed by atoms with van der Waals surface area (Å²) in [6.07, 6.45) is -10.2. The van der Waals surface area contributed by atoms with Crippen LogP contribution in [-0.4, -0.2) is 22.3 Å². The fraction of sp³-hybridized carbons (Fsp3) is 0.250. The van der Waals surface area contributed by atoms with Crippen LogP contribution in [0.4, 0.5) is 26.3 Å². The van der Waals surface area contributed by atoms with Crippen LogP contribution in [0.2, 0.25) is 0 Å². The molecular formula is C40H36F6IrN2+3. The Kier molecular flexibility index (Phi) is 12.1. The van der Waals surface area contributed by atoms with Crippen molar-refractivity contribution in [3.05, 3.63) is 130 Å². The molecule has 0 amide bonds. The van der Waals surface area contributed by atoms with E-state index in [0.29, 0.717) is 22.5 Å². The maximum atomic E-state index is 12.7. The van der Waals surface area contributed by atoms with Gasteiger partial charge in [-0.15, -0.1) is 0 Å². The van der Waals surface area contributed by atoms with Gasteiger partial charge in [0, 0.05) is 34.7 Å². The van der Waals surface area contributed by atoms with Crippen LogP contribution in [0.5, 0.6) is 0 Å². The van der Waals surface area contributed by atoms with E-state index in [9.17, 15) is 26.3 Å². The maximum Gasteiger partial charge on any atom is 3.00 e. The van der Waals surface area contributed by atoms with Crippen molar-refractivity contribution < 1.29 is 46.4 Å². The standard InChI is InChI=1S/2C20H18F3N.Ir/c2*1-13-6-5-8-17(14(13)2)19-16(10-11-20(21,22)23)12-15-7-3-4-9-18(15)24-19;/h2*3-9,12H,10-11H2,1-2H3;/q;;+3. The van der Waals surface area contributed by atoms with Gasteiger partial charge >= 0.3 is 32.5 Å². The van der Waals surface area contributed by atoms with Crippen LogP contribution in [-0.2, 0) is 32.9 Å². The number of alkyl halides is 6. The molecule has 49 heavy (non-hydrogen) atoms. The molecule has 2 aromatic heterocycles. The summed E-state index contributed by atoms with van der Waals surface area (Å²) in [5, 5.41) is 1.73. The molecule has 0 aliphatic rings. The molecule has 2 nitrogen and oxygen atoms in total. The van der Waals surface area contributed by atoms with Crippen LogP contribution in [0.15, 0.2) is 97.1 Å². The number of para-hydroxylation sites is 2. The van der Waals surface area contributed by atoms with Gasteiger partial charge in [-0.05, 0) is 98.2 Å². The van der Waals surface area contributed by atoms with Crippen molar-refractivity contribution in [2.45, 2.75) is 65.7 Å². The van der Waals surface area contributed by atoms with Gasteiger partial charge in [0.2, 0.25) is 0 Å². The molecule has 0 saturated carbocycles. The van der Waals surface area contributed by atoms with Crippen molar-refractivity contribution in [1.82, 2.24) is 9.97 Å². The molecule has 0 spiro atoms. The molecule has 0 atom stereocenters. The summed E-state index contributed by atoms with van der Waals surface area (Å²) in [6, 6.07) is 30.4. The molecule has 0 bridgehead atoms. The Hall–Kier alpha value is -4.07. The summed E-state index contributed by atoms with van der Waals surface area (Å²) in [5.41, 5.74) is 10.3. The normalized spacial score (nSPS) is 11.6. The van der Waals surface area contributed by atoms with Crippen LogP contribution in [0.25, 0.3) is 44.3 Å². The SMILES string of the molecule is Cc1cccc(-c2nc3ccccc3cc2CCC(F)(F)F)c1C.Cc1cccc(-c2nc3ccccc3cc2CCC(F)(F)F)c1C.[Ir+3]. The summed E-state index contributed by atoms with van der Waals surface area (Å²) in [4.78, 5) is 9.36. The van der Waals surface area contributed by atoms with Gasteiger partial charge in [0.25, 0.3) is 0 Å². The van der Waals surface area contributed by atoms with Crippen molar-refractivity contribution in [3.63, 3.8) is 0 Å². The average Bonchev–Trinajstić information content (AvgIpc) is 3.04. The monoisotopic (exact) mass is 851 g/mol. The second-order valence-electron chi connectivity index (χ2n) is 12.1. The molecule has 0 N–H and O–H groups in total. The van der Waals surface area contributed by atoms with Crippen LogP contribution in [0.3, 0.4) is 0 Å². The summed E-state index contributed by atoms with van der Waals surface area (Å²) < 4.78 is 76.3. The Morgan fingerprint density at radius 1 is 0.490 bits per heavy atom. The van der Waals surface area contributed by atoms with Gasteiger partial charge in [-0.2, -0.15) is 26.3 Å². The molecular weight excluding hydrogens is 815 g/mol. The molecule has 0 aliphatic carbocycles. The van der Waals surface area contributed by atoms with Gasteiger partial charge in [-0.25, -0.2) is 9.97 Å². The van der Waals surface area contributed by atoms with Crippen LogP contribution < -0.4 is 0 Å². The number of rotatable bonds is 6. The number of hydrogen-bond donors (Lipinski definition) is 0. The maximum absolute atomic E-state index is 12.7. The zero-order chi connectivity index (χ0) is 34.6. The van der Waals surface area contributed by atoms with Crippen LogP contribution in [0, 0.1) is 27.7 Å². The third-order valence-electron chi connectivity index (χ3n) is 8.68. The number of benzene rings is 4. The number of aromatic nitrogens is 2. The predicted molar refractivity (Wildman–Crippen MR) is 182 cm³/mol. The molecule has 0 radical (unpaired) electrons. The van der Waals surface area contributed by atoms with Crippen molar-refractivity contribution in [3.8, 4) is 22.5 Å². The molecule has 0 fully saturated rings. The molecule has 6 rings (SSSR count). The fourth-order valence-corrected chi connectivity index (χ4v) is 5.74. The molecule has 0 unspecified atom stereocenters. The number of pyridine rings is 2. The van der Waals surface area contributed by atoms with Gasteiger partial charge in [-0.1, -0.05) is 72.8 Å². The summed E-state index contributed by atoms with van der Waals surface area (Å²) >= 11 is 0. The third kappa shape index (κ3) is 9.55. The van der Waals surface area contributed by atoms with E-state index < -0.39 is 25.2 Å². The van der Waals surface area contributed by atoms with Crippen molar-refractivity contribution in [2.24, 2.45) is 0 Å². The summed E-state index contributed by atoms with van der Waals surface area (Å²) in [5.74, 6) is 0. The number of halogens is 6. The molecule has 4 aromatic carbocycles.